The molecule has 0 aliphatic heterocycles. The van der Waals surface area contributed by atoms with E-state index in [1.54, 1.807) is 0 Å². The zero-order valence-corrected chi connectivity index (χ0v) is 11.7. The van der Waals surface area contributed by atoms with Crippen molar-refractivity contribution < 1.29 is 9.50 Å². The summed E-state index contributed by atoms with van der Waals surface area (Å²) >= 11 is 6.33. The first kappa shape index (κ1) is 14.0. The van der Waals surface area contributed by atoms with Gasteiger partial charge < -0.3 is 5.11 Å². The maximum atomic E-state index is 13.4. The van der Waals surface area contributed by atoms with Crippen LogP contribution in [0.5, 0.6) is 0 Å². The Labute approximate surface area is 117 Å². The molecule has 0 saturated carbocycles. The van der Waals surface area contributed by atoms with Gasteiger partial charge in [0.25, 0.3) is 0 Å². The molecule has 1 N–H and O–H groups in total. The predicted octanol–water partition coefficient (Wildman–Crippen LogP) is 4.84. The molecule has 0 heterocycles. The third-order valence-corrected chi connectivity index (χ3v) is 3.66. The molecule has 0 amide bonds. The average Bonchev–Trinajstić information content (AvgIpc) is 2.38. The van der Waals surface area contributed by atoms with Gasteiger partial charge in [-0.2, -0.15) is 0 Å². The lowest BCUT2D eigenvalue weighted by Gasteiger charge is -2.17. The van der Waals surface area contributed by atoms with Crippen molar-refractivity contribution in [1.29, 1.82) is 0 Å². The summed E-state index contributed by atoms with van der Waals surface area (Å²) in [4.78, 5) is 0. The topological polar surface area (TPSA) is 20.2 Å². The minimum absolute atomic E-state index is 0.189. The third-order valence-electron chi connectivity index (χ3n) is 3.27. The lowest BCUT2D eigenvalue weighted by molar-refractivity contribution is 0.0405. The molecule has 1 atom stereocenters. The first-order chi connectivity index (χ1) is 9.06. The second-order valence-electron chi connectivity index (χ2n) is 4.51. The van der Waals surface area contributed by atoms with Gasteiger partial charge in [0.05, 0.1) is 5.02 Å². The fourth-order valence-electron chi connectivity index (χ4n) is 2.37. The minimum atomic E-state index is -2.05. The van der Waals surface area contributed by atoms with Crippen molar-refractivity contribution in [3.63, 3.8) is 0 Å². The van der Waals surface area contributed by atoms with Gasteiger partial charge in [0, 0.05) is 11.1 Å². The van der Waals surface area contributed by atoms with E-state index >= 15 is 0 Å². The summed E-state index contributed by atoms with van der Waals surface area (Å²) in [5, 5.41) is 9.63. The summed E-state index contributed by atoms with van der Waals surface area (Å²) < 4.78 is 13.4. The summed E-state index contributed by atoms with van der Waals surface area (Å²) in [5.41, 5.74) is 3.63. The number of aryl methyl sites for hydroxylation is 2. The summed E-state index contributed by atoms with van der Waals surface area (Å²) in [6, 6.07) is 11.5. The van der Waals surface area contributed by atoms with Gasteiger partial charge in [-0.15, -0.1) is 0 Å². The molecule has 2 rings (SSSR count). The Bertz CT molecular complexity index is 579. The van der Waals surface area contributed by atoms with Gasteiger partial charge in [0.2, 0.25) is 6.36 Å². The molecule has 0 spiro atoms. The van der Waals surface area contributed by atoms with E-state index < -0.39 is 6.36 Å². The molecule has 0 aliphatic rings. The molecule has 0 saturated heterocycles. The standard InChI is InChI=1S/C16H16ClFO/c1-3-11-9-10(2)13(12-7-5-4-6-8-12)15(17)14(11)16(18)19/h4-9,16,19H,3H2,1-2H3. The van der Waals surface area contributed by atoms with Crippen LogP contribution in [0.15, 0.2) is 36.4 Å². The van der Waals surface area contributed by atoms with Crippen LogP contribution in [0.4, 0.5) is 4.39 Å². The fourth-order valence-corrected chi connectivity index (χ4v) is 2.84. The Hall–Kier alpha value is -1.38. The fraction of sp³-hybridized carbons (Fsp3) is 0.250. The highest BCUT2D eigenvalue weighted by molar-refractivity contribution is 6.34. The Kier molecular flexibility index (Phi) is 4.23. The van der Waals surface area contributed by atoms with Gasteiger partial charge in [0.1, 0.15) is 0 Å². The molecule has 2 aromatic rings. The van der Waals surface area contributed by atoms with E-state index in [9.17, 15) is 9.50 Å². The first-order valence-electron chi connectivity index (χ1n) is 6.25. The molecule has 3 heteroatoms. The Morgan fingerprint density at radius 2 is 1.89 bits per heavy atom. The third kappa shape index (κ3) is 2.65. The molecule has 2 aromatic carbocycles. The molecule has 1 nitrogen and oxygen atoms in total. The minimum Gasteiger partial charge on any atom is -0.360 e. The van der Waals surface area contributed by atoms with Crippen molar-refractivity contribution in [2.24, 2.45) is 0 Å². The van der Waals surface area contributed by atoms with Crippen LogP contribution in [-0.2, 0) is 6.42 Å². The van der Waals surface area contributed by atoms with Gasteiger partial charge in [-0.1, -0.05) is 54.9 Å². The van der Waals surface area contributed by atoms with E-state index in [1.807, 2.05) is 50.2 Å². The number of aliphatic hydroxyl groups is 1. The summed E-state index contributed by atoms with van der Waals surface area (Å²) in [7, 11) is 0. The largest absolute Gasteiger partial charge is 0.360 e. The molecule has 0 radical (unpaired) electrons. The number of benzene rings is 2. The molecule has 0 fully saturated rings. The van der Waals surface area contributed by atoms with Crippen LogP contribution < -0.4 is 0 Å². The second kappa shape index (κ2) is 5.72. The molecular weight excluding hydrogens is 263 g/mol. The number of aliphatic hydroxyl groups excluding tert-OH is 1. The number of rotatable bonds is 3. The van der Waals surface area contributed by atoms with Crippen molar-refractivity contribution in [3.8, 4) is 11.1 Å². The highest BCUT2D eigenvalue weighted by Crippen LogP contribution is 2.39. The molecule has 0 bridgehead atoms. The van der Waals surface area contributed by atoms with E-state index in [2.05, 4.69) is 0 Å². The lowest BCUT2D eigenvalue weighted by Crippen LogP contribution is -2.01. The molecule has 0 aliphatic carbocycles. The number of hydrogen-bond donors (Lipinski definition) is 1. The van der Waals surface area contributed by atoms with E-state index in [0.29, 0.717) is 11.4 Å². The second-order valence-corrected chi connectivity index (χ2v) is 4.89. The summed E-state index contributed by atoms with van der Waals surface area (Å²) in [6.07, 6.45) is -1.42. The monoisotopic (exact) mass is 278 g/mol. The van der Waals surface area contributed by atoms with Crippen molar-refractivity contribution in [2.75, 3.05) is 0 Å². The lowest BCUT2D eigenvalue weighted by atomic mass is 9.93. The van der Waals surface area contributed by atoms with Gasteiger partial charge in [-0.25, -0.2) is 4.39 Å². The Balaban J connectivity index is 2.73. The Morgan fingerprint density at radius 3 is 2.42 bits per heavy atom. The van der Waals surface area contributed by atoms with E-state index in [0.717, 1.165) is 22.3 Å². The maximum Gasteiger partial charge on any atom is 0.224 e. The van der Waals surface area contributed by atoms with Gasteiger partial charge in [-0.3, -0.25) is 0 Å². The van der Waals surface area contributed by atoms with Crippen molar-refractivity contribution in [1.82, 2.24) is 0 Å². The van der Waals surface area contributed by atoms with Crippen LogP contribution in [0.2, 0.25) is 5.02 Å². The summed E-state index contributed by atoms with van der Waals surface area (Å²) in [6.45, 7) is 3.86. The zero-order chi connectivity index (χ0) is 14.0. The highest BCUT2D eigenvalue weighted by atomic mass is 35.5. The zero-order valence-electron chi connectivity index (χ0n) is 11.0. The molecule has 1 unspecified atom stereocenters. The molecule has 100 valence electrons. The van der Waals surface area contributed by atoms with Crippen LogP contribution >= 0.6 is 11.6 Å². The average molecular weight is 279 g/mol. The van der Waals surface area contributed by atoms with E-state index in [1.165, 1.54) is 0 Å². The van der Waals surface area contributed by atoms with Gasteiger partial charge >= 0.3 is 0 Å². The highest BCUT2D eigenvalue weighted by Gasteiger charge is 2.20. The quantitative estimate of drug-likeness (QED) is 0.852. The van der Waals surface area contributed by atoms with E-state index in [-0.39, 0.29) is 5.56 Å². The predicted molar refractivity (Wildman–Crippen MR) is 77.1 cm³/mol. The van der Waals surface area contributed by atoms with Crippen LogP contribution in [0, 0.1) is 6.92 Å². The molecular formula is C16H16ClFO. The van der Waals surface area contributed by atoms with Gasteiger partial charge in [0.15, 0.2) is 0 Å². The number of alkyl halides is 1. The molecule has 19 heavy (non-hydrogen) atoms. The van der Waals surface area contributed by atoms with Gasteiger partial charge in [-0.05, 0) is 30.0 Å². The van der Waals surface area contributed by atoms with Crippen LogP contribution in [0.25, 0.3) is 11.1 Å². The summed E-state index contributed by atoms with van der Waals surface area (Å²) in [5.74, 6) is 0. The smallest absolute Gasteiger partial charge is 0.224 e. The van der Waals surface area contributed by atoms with Crippen molar-refractivity contribution in [3.05, 3.63) is 58.1 Å². The van der Waals surface area contributed by atoms with Crippen LogP contribution in [-0.4, -0.2) is 5.11 Å². The SMILES string of the molecule is CCc1cc(C)c(-c2ccccc2)c(Cl)c1C(O)F. The van der Waals surface area contributed by atoms with Crippen LogP contribution in [0.1, 0.15) is 30.0 Å². The van der Waals surface area contributed by atoms with Crippen molar-refractivity contribution in [2.45, 2.75) is 26.6 Å². The number of hydrogen-bond acceptors (Lipinski definition) is 1. The Morgan fingerprint density at radius 1 is 1.26 bits per heavy atom. The normalized spacial score (nSPS) is 12.5. The molecule has 0 aromatic heterocycles. The maximum absolute atomic E-state index is 13.4. The van der Waals surface area contributed by atoms with E-state index in [4.69, 9.17) is 11.6 Å². The van der Waals surface area contributed by atoms with Crippen molar-refractivity contribution >= 4 is 11.6 Å². The number of halogens is 2. The van der Waals surface area contributed by atoms with Crippen LogP contribution in [0.3, 0.4) is 0 Å². The first-order valence-corrected chi connectivity index (χ1v) is 6.63.